The van der Waals surface area contributed by atoms with Crippen molar-refractivity contribution in [1.29, 1.82) is 0 Å². The van der Waals surface area contributed by atoms with Crippen LogP contribution in [0.25, 0.3) is 54.9 Å². The molecule has 6 rings (SSSR count). The van der Waals surface area contributed by atoms with Gasteiger partial charge in [0, 0.05) is 5.02 Å². The smallest absolute Gasteiger partial charge is 0.0636 e. The molecule has 156 valence electrons. The fourth-order valence-corrected chi connectivity index (χ4v) is 4.30. The number of benzene rings is 6. The zero-order chi connectivity index (χ0) is 28.3. The third-order valence-corrected chi connectivity index (χ3v) is 5.94. The molecule has 0 aromatic heterocycles. The Balaban J connectivity index is 1.51. The summed E-state index contributed by atoms with van der Waals surface area (Å²) in [6.45, 7) is 0. The number of fused-ring (bicyclic) bond motifs is 2. The average molecular weight is 448 g/mol. The fraction of sp³-hybridized carbons (Fsp3) is 0. The lowest BCUT2D eigenvalue weighted by atomic mass is 9.95. The van der Waals surface area contributed by atoms with Gasteiger partial charge in [-0.05, 0) is 91.3 Å². The second-order valence-corrected chi connectivity index (χ2v) is 8.31. The summed E-state index contributed by atoms with van der Waals surface area (Å²) in [5.74, 6) is 0. The minimum atomic E-state index is -0.491. The van der Waals surface area contributed by atoms with Crippen molar-refractivity contribution in [2.24, 2.45) is 0 Å². The first-order valence-electron chi connectivity index (χ1n) is 14.1. The van der Waals surface area contributed by atoms with Gasteiger partial charge in [0.25, 0.3) is 0 Å². The van der Waals surface area contributed by atoms with E-state index in [0.717, 1.165) is 33.0 Å². The van der Waals surface area contributed by atoms with Crippen molar-refractivity contribution in [2.75, 3.05) is 0 Å². The second-order valence-electron chi connectivity index (χ2n) is 7.87. The second kappa shape index (κ2) is 8.24. The molecule has 0 nitrogen and oxygen atoms in total. The van der Waals surface area contributed by atoms with Gasteiger partial charge in [-0.1, -0.05) is 102 Å². The Kier molecular flexibility index (Phi) is 3.40. The van der Waals surface area contributed by atoms with Crippen molar-refractivity contribution < 1.29 is 9.60 Å². The summed E-state index contributed by atoms with van der Waals surface area (Å²) < 4.78 is 58.8. The van der Waals surface area contributed by atoms with E-state index >= 15 is 0 Å². The van der Waals surface area contributed by atoms with E-state index in [2.05, 4.69) is 36.4 Å². The highest BCUT2D eigenvalue weighted by atomic mass is 35.5. The molecule has 6 aromatic carbocycles. The normalized spacial score (nSPS) is 14.2. The highest BCUT2D eigenvalue weighted by Gasteiger charge is 2.07. The predicted octanol–water partition coefficient (Wildman–Crippen LogP) is 9.65. The Morgan fingerprint density at radius 2 is 1.09 bits per heavy atom. The summed E-state index contributed by atoms with van der Waals surface area (Å²) in [5.41, 5.74) is 4.43. The molecule has 0 saturated carbocycles. The van der Waals surface area contributed by atoms with E-state index in [9.17, 15) is 0 Å². The minimum Gasteiger partial charge on any atom is -0.0843 e. The molecule has 0 aliphatic rings. The lowest BCUT2D eigenvalue weighted by molar-refractivity contribution is 1.61. The summed E-state index contributed by atoms with van der Waals surface area (Å²) >= 11 is 6.53. The first kappa shape index (κ1) is 13.6. The molecule has 0 N–H and O–H groups in total. The molecule has 0 saturated heterocycles. The van der Waals surface area contributed by atoms with Crippen LogP contribution in [-0.4, -0.2) is 0 Å². The van der Waals surface area contributed by atoms with E-state index in [0.29, 0.717) is 10.6 Å². The van der Waals surface area contributed by atoms with Gasteiger partial charge in [-0.25, -0.2) is 0 Å². The molecular formula is C32H21Cl. The van der Waals surface area contributed by atoms with Crippen molar-refractivity contribution in [3.8, 4) is 33.4 Å². The predicted molar refractivity (Wildman–Crippen MR) is 143 cm³/mol. The molecule has 0 radical (unpaired) electrons. The summed E-state index contributed by atoms with van der Waals surface area (Å²) in [6.07, 6.45) is 0. The van der Waals surface area contributed by atoms with Gasteiger partial charge < -0.3 is 0 Å². The molecule has 6 aromatic rings. The molecule has 0 bridgehead atoms. The van der Waals surface area contributed by atoms with Crippen LogP contribution in [0.2, 0.25) is 5.02 Å². The number of hydrogen-bond donors (Lipinski definition) is 0. The Bertz CT molecular complexity index is 1990. The van der Waals surface area contributed by atoms with Crippen LogP contribution in [0, 0.1) is 0 Å². The highest BCUT2D eigenvalue weighted by molar-refractivity contribution is 6.31. The van der Waals surface area contributed by atoms with E-state index in [-0.39, 0.29) is 34.5 Å². The lowest BCUT2D eigenvalue weighted by Crippen LogP contribution is -1.85. The van der Waals surface area contributed by atoms with Gasteiger partial charge in [-0.15, -0.1) is 0 Å². The number of hydrogen-bond acceptors (Lipinski definition) is 0. The fourth-order valence-electron chi connectivity index (χ4n) is 4.06. The van der Waals surface area contributed by atoms with Crippen molar-refractivity contribution >= 4 is 33.1 Å². The summed E-state index contributed by atoms with van der Waals surface area (Å²) in [6, 6.07) is 25.1. The largest absolute Gasteiger partial charge is 0.0843 e. The molecule has 0 spiro atoms. The molecule has 0 unspecified atom stereocenters. The lowest BCUT2D eigenvalue weighted by Gasteiger charge is -2.10. The minimum absolute atomic E-state index is 0.0801. The van der Waals surface area contributed by atoms with Gasteiger partial charge in [-0.2, -0.15) is 0 Å². The maximum atomic E-state index is 8.87. The molecule has 0 amide bonds. The highest BCUT2D eigenvalue weighted by Crippen LogP contribution is 2.34. The third-order valence-electron chi connectivity index (χ3n) is 5.72. The van der Waals surface area contributed by atoms with Crippen LogP contribution in [-0.2, 0) is 0 Å². The third kappa shape index (κ3) is 3.91. The van der Waals surface area contributed by atoms with Crippen molar-refractivity contribution in [3.05, 3.63) is 132 Å². The van der Waals surface area contributed by atoms with Crippen LogP contribution in [0.15, 0.2) is 127 Å². The maximum absolute atomic E-state index is 8.87. The van der Waals surface area contributed by atoms with Crippen LogP contribution in [0.3, 0.4) is 0 Å². The van der Waals surface area contributed by atoms with Crippen molar-refractivity contribution in [2.45, 2.75) is 0 Å². The van der Waals surface area contributed by atoms with Gasteiger partial charge in [0.15, 0.2) is 0 Å². The quantitative estimate of drug-likeness (QED) is 0.253. The summed E-state index contributed by atoms with van der Waals surface area (Å²) in [5, 5.41) is 2.29. The maximum Gasteiger partial charge on any atom is 0.0636 e. The van der Waals surface area contributed by atoms with Crippen molar-refractivity contribution in [1.82, 2.24) is 0 Å². The molecule has 1 heteroatoms. The monoisotopic (exact) mass is 447 g/mol. The zero-order valence-corrected chi connectivity index (χ0v) is 18.2. The van der Waals surface area contributed by atoms with Crippen LogP contribution in [0.1, 0.15) is 9.60 Å². The molecule has 0 heterocycles. The standard InChI is InChI=1S/C32H21Cl/c33-32-20-30(28-11-10-23-8-4-5-9-24(23)16-28)19-31(21-32)29-15-14-26-17-25(12-13-27(26)18-29)22-6-2-1-3-7-22/h1-21H/i4D,5D,8D,9D,10D,11D,16D. The molecule has 0 aliphatic heterocycles. The molecule has 33 heavy (non-hydrogen) atoms. The molecule has 0 aliphatic carbocycles. The zero-order valence-electron chi connectivity index (χ0n) is 24.5. The molecule has 0 atom stereocenters. The van der Waals surface area contributed by atoms with E-state index in [1.807, 2.05) is 30.3 Å². The van der Waals surface area contributed by atoms with Gasteiger partial charge in [0.05, 0.1) is 9.60 Å². The van der Waals surface area contributed by atoms with Crippen LogP contribution in [0.4, 0.5) is 0 Å². The average Bonchev–Trinajstić information content (AvgIpc) is 2.96. The van der Waals surface area contributed by atoms with Crippen molar-refractivity contribution in [3.63, 3.8) is 0 Å². The Morgan fingerprint density at radius 1 is 0.455 bits per heavy atom. The SMILES string of the molecule is [2H]c1c([2H])c([2H])c2c([2H])c(-c3cc(Cl)cc(-c4ccc5cc(-c6ccccc6)ccc5c4)c3)c([2H])c([2H])c2c1[2H]. The van der Waals surface area contributed by atoms with E-state index in [1.165, 1.54) is 0 Å². The van der Waals surface area contributed by atoms with E-state index < -0.39 is 24.2 Å². The summed E-state index contributed by atoms with van der Waals surface area (Å²) in [7, 11) is 0. The first-order chi connectivity index (χ1) is 19.2. The van der Waals surface area contributed by atoms with Crippen LogP contribution in [0.5, 0.6) is 0 Å². The summed E-state index contributed by atoms with van der Waals surface area (Å²) in [4.78, 5) is 0. The first-order valence-corrected chi connectivity index (χ1v) is 10.9. The number of halogens is 1. The van der Waals surface area contributed by atoms with Crippen LogP contribution >= 0.6 is 11.6 Å². The number of rotatable bonds is 3. The van der Waals surface area contributed by atoms with Gasteiger partial charge in [0.2, 0.25) is 0 Å². The van der Waals surface area contributed by atoms with Crippen LogP contribution < -0.4 is 0 Å². The Labute approximate surface area is 208 Å². The molecule has 0 fully saturated rings. The Morgan fingerprint density at radius 3 is 1.82 bits per heavy atom. The topological polar surface area (TPSA) is 0 Å². The van der Waals surface area contributed by atoms with Gasteiger partial charge in [0.1, 0.15) is 0 Å². The van der Waals surface area contributed by atoms with E-state index in [1.54, 1.807) is 18.2 Å². The Hall–Kier alpha value is -3.87. The van der Waals surface area contributed by atoms with Gasteiger partial charge in [-0.3, -0.25) is 0 Å². The van der Waals surface area contributed by atoms with E-state index in [4.69, 9.17) is 21.2 Å². The molecular weight excluding hydrogens is 420 g/mol. The van der Waals surface area contributed by atoms with Gasteiger partial charge >= 0.3 is 0 Å².